The Morgan fingerprint density at radius 2 is 1.95 bits per heavy atom. The summed E-state index contributed by atoms with van der Waals surface area (Å²) < 4.78 is 4.80. The summed E-state index contributed by atoms with van der Waals surface area (Å²) in [6, 6.07) is 8.49. The van der Waals surface area contributed by atoms with Gasteiger partial charge in [0.05, 0.1) is 0 Å². The van der Waals surface area contributed by atoms with Crippen molar-refractivity contribution >= 4 is 17.3 Å². The van der Waals surface area contributed by atoms with Gasteiger partial charge in [-0.15, -0.1) is 0 Å². The lowest BCUT2D eigenvalue weighted by Gasteiger charge is -2.29. The second-order valence-electron chi connectivity index (χ2n) is 5.84. The monoisotopic (exact) mass is 290 g/mol. The molecular weight excluding hydrogens is 264 g/mol. The summed E-state index contributed by atoms with van der Waals surface area (Å²) in [5, 5.41) is 6.41. The molecule has 1 aliphatic rings. The van der Waals surface area contributed by atoms with E-state index in [9.17, 15) is 4.79 Å². The lowest BCUT2D eigenvalue weighted by atomic mass is 9.84. The predicted octanol–water partition coefficient (Wildman–Crippen LogP) is 3.65. The first-order chi connectivity index (χ1) is 10.2. The highest BCUT2D eigenvalue weighted by atomic mass is 16.5. The van der Waals surface area contributed by atoms with Crippen LogP contribution in [0.2, 0.25) is 0 Å². The molecule has 2 N–H and O–H groups in total. The Kier molecular flexibility index (Phi) is 6.05. The Hall–Kier alpha value is -1.55. The highest BCUT2D eigenvalue weighted by Crippen LogP contribution is 2.28. The largest absolute Gasteiger partial charge is 0.382 e. The fourth-order valence-corrected chi connectivity index (χ4v) is 3.01. The number of methoxy groups -OCH3 is 1. The molecule has 21 heavy (non-hydrogen) atoms. The Morgan fingerprint density at radius 3 is 2.62 bits per heavy atom. The second-order valence-corrected chi connectivity index (χ2v) is 5.84. The van der Waals surface area contributed by atoms with Gasteiger partial charge in [0.25, 0.3) is 0 Å². The summed E-state index contributed by atoms with van der Waals surface area (Å²) >= 11 is 0. The third-order valence-corrected chi connectivity index (χ3v) is 4.18. The van der Waals surface area contributed by atoms with Crippen LogP contribution in [0.15, 0.2) is 24.3 Å². The number of hydrogen-bond donors (Lipinski definition) is 2. The van der Waals surface area contributed by atoms with Gasteiger partial charge < -0.3 is 15.4 Å². The lowest BCUT2D eigenvalue weighted by Crippen LogP contribution is -2.27. The zero-order valence-corrected chi connectivity index (χ0v) is 13.0. The summed E-state index contributed by atoms with van der Waals surface area (Å²) in [5.41, 5.74) is 1.93. The van der Waals surface area contributed by atoms with Gasteiger partial charge in [-0.25, -0.2) is 0 Å². The Bertz CT molecular complexity index is 445. The van der Waals surface area contributed by atoms with Crippen molar-refractivity contribution in [1.29, 1.82) is 0 Å². The highest BCUT2D eigenvalue weighted by Gasteiger charge is 2.20. The number of amides is 1. The van der Waals surface area contributed by atoms with Gasteiger partial charge >= 0.3 is 0 Å². The zero-order valence-electron chi connectivity index (χ0n) is 13.0. The smallest absolute Gasteiger partial charge is 0.250 e. The molecule has 116 valence electrons. The van der Waals surface area contributed by atoms with Crippen LogP contribution in [-0.4, -0.2) is 25.7 Å². The molecule has 1 amide bonds. The van der Waals surface area contributed by atoms with Gasteiger partial charge in [0.1, 0.15) is 6.61 Å². The first-order valence-corrected chi connectivity index (χ1v) is 7.86. The molecule has 4 nitrogen and oxygen atoms in total. The van der Waals surface area contributed by atoms with Gasteiger partial charge in [-0.05, 0) is 43.0 Å². The molecule has 1 aliphatic carbocycles. The molecule has 0 aromatic heterocycles. The first kappa shape index (κ1) is 15.8. The van der Waals surface area contributed by atoms with Gasteiger partial charge in [0.15, 0.2) is 0 Å². The van der Waals surface area contributed by atoms with Crippen molar-refractivity contribution < 1.29 is 9.53 Å². The minimum atomic E-state index is -0.128. The fourth-order valence-electron chi connectivity index (χ4n) is 3.01. The van der Waals surface area contributed by atoms with E-state index in [0.29, 0.717) is 6.04 Å². The van der Waals surface area contributed by atoms with Gasteiger partial charge in [-0.2, -0.15) is 0 Å². The van der Waals surface area contributed by atoms with Crippen molar-refractivity contribution in [3.05, 3.63) is 24.3 Å². The van der Waals surface area contributed by atoms with E-state index in [1.165, 1.54) is 39.2 Å². The van der Waals surface area contributed by atoms with Gasteiger partial charge in [-0.3, -0.25) is 4.79 Å². The van der Waals surface area contributed by atoms with Crippen LogP contribution in [0.5, 0.6) is 0 Å². The van der Waals surface area contributed by atoms with E-state index in [4.69, 9.17) is 4.74 Å². The zero-order chi connectivity index (χ0) is 15.1. The van der Waals surface area contributed by atoms with E-state index >= 15 is 0 Å². The van der Waals surface area contributed by atoms with Crippen LogP contribution in [0.3, 0.4) is 0 Å². The van der Waals surface area contributed by atoms with Gasteiger partial charge in [0, 0.05) is 24.5 Å². The standard InChI is InChI=1S/C17H26N2O2/c1-3-13-5-4-6-16(11-13)18-14-7-9-15(10-8-14)19-17(20)12-21-2/h7-10,13,16,18H,3-6,11-12H2,1-2H3,(H,19,20). The van der Waals surface area contributed by atoms with Gasteiger partial charge in [-0.1, -0.05) is 26.2 Å². The van der Waals surface area contributed by atoms with Crippen molar-refractivity contribution in [1.82, 2.24) is 0 Å². The minimum Gasteiger partial charge on any atom is -0.382 e. The molecule has 0 saturated heterocycles. The third kappa shape index (κ3) is 5.05. The average molecular weight is 290 g/mol. The van der Waals surface area contributed by atoms with Crippen molar-refractivity contribution in [2.75, 3.05) is 24.4 Å². The molecule has 0 spiro atoms. The van der Waals surface area contributed by atoms with E-state index < -0.39 is 0 Å². The number of ether oxygens (including phenoxy) is 1. The number of benzene rings is 1. The van der Waals surface area contributed by atoms with Crippen molar-refractivity contribution in [3.63, 3.8) is 0 Å². The SMILES string of the molecule is CCC1CCCC(Nc2ccc(NC(=O)COC)cc2)C1. The van der Waals surface area contributed by atoms with E-state index in [1.54, 1.807) is 0 Å². The molecule has 1 aromatic carbocycles. The van der Waals surface area contributed by atoms with Crippen LogP contribution in [-0.2, 0) is 9.53 Å². The molecule has 1 saturated carbocycles. The number of carbonyl (C=O) groups is 1. The lowest BCUT2D eigenvalue weighted by molar-refractivity contribution is -0.119. The molecule has 0 heterocycles. The second kappa shape index (κ2) is 8.03. The number of nitrogens with one attached hydrogen (secondary N) is 2. The number of anilines is 2. The molecule has 4 heteroatoms. The number of rotatable bonds is 6. The van der Waals surface area contributed by atoms with Crippen molar-refractivity contribution in [2.45, 2.75) is 45.1 Å². The van der Waals surface area contributed by atoms with E-state index in [1.807, 2.05) is 24.3 Å². The van der Waals surface area contributed by atoms with Crippen LogP contribution in [0.25, 0.3) is 0 Å². The van der Waals surface area contributed by atoms with Crippen LogP contribution >= 0.6 is 0 Å². The first-order valence-electron chi connectivity index (χ1n) is 7.86. The molecule has 0 radical (unpaired) electrons. The van der Waals surface area contributed by atoms with Crippen LogP contribution in [0, 0.1) is 5.92 Å². The molecule has 2 unspecified atom stereocenters. The number of carbonyl (C=O) groups excluding carboxylic acids is 1. The molecular formula is C17H26N2O2. The average Bonchev–Trinajstić information content (AvgIpc) is 2.50. The minimum absolute atomic E-state index is 0.0838. The van der Waals surface area contributed by atoms with E-state index in [-0.39, 0.29) is 12.5 Å². The van der Waals surface area contributed by atoms with E-state index in [0.717, 1.165) is 17.3 Å². The van der Waals surface area contributed by atoms with Crippen molar-refractivity contribution in [3.8, 4) is 0 Å². The van der Waals surface area contributed by atoms with Crippen LogP contribution in [0.1, 0.15) is 39.0 Å². The summed E-state index contributed by atoms with van der Waals surface area (Å²) in [4.78, 5) is 11.4. The van der Waals surface area contributed by atoms with E-state index in [2.05, 4.69) is 17.6 Å². The predicted molar refractivity (Wildman–Crippen MR) is 86.6 cm³/mol. The number of hydrogen-bond acceptors (Lipinski definition) is 3. The Morgan fingerprint density at radius 1 is 1.24 bits per heavy atom. The topological polar surface area (TPSA) is 50.4 Å². The quantitative estimate of drug-likeness (QED) is 0.840. The summed E-state index contributed by atoms with van der Waals surface area (Å²) in [7, 11) is 1.51. The molecule has 0 bridgehead atoms. The molecule has 2 atom stereocenters. The maximum atomic E-state index is 11.4. The third-order valence-electron chi connectivity index (χ3n) is 4.18. The fraction of sp³-hybridized carbons (Fsp3) is 0.588. The molecule has 0 aliphatic heterocycles. The maximum Gasteiger partial charge on any atom is 0.250 e. The summed E-state index contributed by atoms with van der Waals surface area (Å²) in [6.45, 7) is 2.37. The van der Waals surface area contributed by atoms with Crippen LogP contribution in [0.4, 0.5) is 11.4 Å². The summed E-state index contributed by atoms with van der Waals surface area (Å²) in [5.74, 6) is 0.736. The molecule has 1 fully saturated rings. The Balaban J connectivity index is 1.85. The molecule has 2 rings (SSSR count). The maximum absolute atomic E-state index is 11.4. The highest BCUT2D eigenvalue weighted by molar-refractivity contribution is 5.91. The Labute approximate surface area is 127 Å². The summed E-state index contributed by atoms with van der Waals surface area (Å²) in [6.07, 6.45) is 6.49. The molecule has 1 aromatic rings. The normalized spacial score (nSPS) is 21.8. The van der Waals surface area contributed by atoms with Crippen LogP contribution < -0.4 is 10.6 Å². The van der Waals surface area contributed by atoms with Crippen molar-refractivity contribution in [2.24, 2.45) is 5.92 Å². The van der Waals surface area contributed by atoms with Gasteiger partial charge in [0.2, 0.25) is 5.91 Å².